The van der Waals surface area contributed by atoms with Crippen molar-refractivity contribution in [2.24, 2.45) is 11.8 Å². The van der Waals surface area contributed by atoms with Crippen LogP contribution >= 0.6 is 0 Å². The van der Waals surface area contributed by atoms with Crippen LogP contribution in [0.4, 0.5) is 0 Å². The predicted molar refractivity (Wildman–Crippen MR) is 122 cm³/mol. The second-order valence-corrected chi connectivity index (χ2v) is 9.96. The molecule has 31 heavy (non-hydrogen) atoms. The van der Waals surface area contributed by atoms with Crippen molar-refractivity contribution in [2.75, 3.05) is 26.7 Å². The highest BCUT2D eigenvalue weighted by Gasteiger charge is 2.46. The Labute approximate surface area is 184 Å². The van der Waals surface area contributed by atoms with Gasteiger partial charge >= 0.3 is 0 Å². The average Bonchev–Trinajstić information content (AvgIpc) is 3.20. The molecule has 1 aromatic carbocycles. The highest BCUT2D eigenvalue weighted by atomic mass is 16.5. The van der Waals surface area contributed by atoms with Gasteiger partial charge < -0.3 is 14.2 Å². The largest absolute Gasteiger partial charge is 0.497 e. The topological polar surface area (TPSA) is 37.7 Å². The smallest absolute Gasteiger partial charge is 0.243 e. The van der Waals surface area contributed by atoms with Crippen molar-refractivity contribution < 1.29 is 9.53 Å². The maximum Gasteiger partial charge on any atom is 0.243 e. The second-order valence-electron chi connectivity index (χ2n) is 9.96. The van der Waals surface area contributed by atoms with Crippen LogP contribution in [-0.2, 0) is 11.3 Å². The molecule has 3 saturated heterocycles. The Morgan fingerprint density at radius 1 is 1.16 bits per heavy atom. The Morgan fingerprint density at radius 2 is 2.10 bits per heavy atom. The molecule has 0 spiro atoms. The molecule has 5 nitrogen and oxygen atoms in total. The van der Waals surface area contributed by atoms with Crippen LogP contribution in [0.2, 0.25) is 0 Å². The van der Waals surface area contributed by atoms with E-state index in [1.165, 1.54) is 45.2 Å². The minimum atomic E-state index is 0.267. The number of hydrogen-bond donors (Lipinski definition) is 0. The Balaban J connectivity index is 1.25. The van der Waals surface area contributed by atoms with Gasteiger partial charge in [-0.1, -0.05) is 18.1 Å². The van der Waals surface area contributed by atoms with Gasteiger partial charge in [0.2, 0.25) is 5.91 Å². The zero-order chi connectivity index (χ0) is 20.9. The van der Waals surface area contributed by atoms with Gasteiger partial charge in [0.25, 0.3) is 0 Å². The lowest BCUT2D eigenvalue weighted by Crippen LogP contribution is -2.60. The summed E-state index contributed by atoms with van der Waals surface area (Å²) in [7, 11) is 1.69. The van der Waals surface area contributed by atoms with Gasteiger partial charge in [-0.15, -0.1) is 0 Å². The molecule has 2 unspecified atom stereocenters. The molecule has 0 radical (unpaired) electrons. The van der Waals surface area contributed by atoms with E-state index in [0.29, 0.717) is 24.4 Å². The molecule has 2 aromatic rings. The zero-order valence-corrected chi connectivity index (χ0v) is 18.5. The van der Waals surface area contributed by atoms with Gasteiger partial charge in [-0.2, -0.15) is 0 Å². The molecule has 3 aliphatic heterocycles. The summed E-state index contributed by atoms with van der Waals surface area (Å²) in [6, 6.07) is 9.23. The summed E-state index contributed by atoms with van der Waals surface area (Å²) < 4.78 is 7.45. The van der Waals surface area contributed by atoms with Crippen molar-refractivity contribution in [1.29, 1.82) is 0 Å². The van der Waals surface area contributed by atoms with Gasteiger partial charge in [0, 0.05) is 36.2 Å². The van der Waals surface area contributed by atoms with Crippen LogP contribution in [0.15, 0.2) is 42.1 Å². The number of benzene rings is 1. The third kappa shape index (κ3) is 3.29. The standard InChI is InChI=1S/C26H33N3O2/c1-31-22-7-8-24-18(15-22)9-12-28(24)17-25(30)29-11-4-5-19-13-20-14-21(26(19)29)16-27-10-3-2-6-23(20)27/h7-9,12-13,15,20-21,23,26H,2-6,10-11,14,16-17H2,1H3/t20?,21?,23-,26-/m1/s1. The number of rotatable bonds is 3. The van der Waals surface area contributed by atoms with Crippen molar-refractivity contribution in [3.8, 4) is 5.75 Å². The molecule has 4 heterocycles. The van der Waals surface area contributed by atoms with Crippen LogP contribution in [0, 0.1) is 11.8 Å². The van der Waals surface area contributed by atoms with Gasteiger partial charge in [0.05, 0.1) is 13.2 Å². The Hall–Kier alpha value is -2.27. The zero-order valence-electron chi connectivity index (χ0n) is 18.5. The van der Waals surface area contributed by atoms with Gasteiger partial charge in [-0.3, -0.25) is 9.69 Å². The fourth-order valence-corrected chi connectivity index (χ4v) is 6.93. The Bertz CT molecular complexity index is 1020. The van der Waals surface area contributed by atoms with E-state index in [-0.39, 0.29) is 5.91 Å². The van der Waals surface area contributed by atoms with Crippen molar-refractivity contribution in [1.82, 2.24) is 14.4 Å². The monoisotopic (exact) mass is 419 g/mol. The average molecular weight is 420 g/mol. The van der Waals surface area contributed by atoms with Gasteiger partial charge in [0.1, 0.15) is 12.3 Å². The molecule has 3 fully saturated rings. The second kappa shape index (κ2) is 7.70. The van der Waals surface area contributed by atoms with Crippen molar-refractivity contribution in [3.05, 3.63) is 42.1 Å². The van der Waals surface area contributed by atoms with Crippen LogP contribution in [0.25, 0.3) is 10.9 Å². The summed E-state index contributed by atoms with van der Waals surface area (Å²) in [6.45, 7) is 3.75. The number of carbonyl (C=O) groups is 1. The third-order valence-corrected chi connectivity index (χ3v) is 8.26. The summed E-state index contributed by atoms with van der Waals surface area (Å²) in [5.41, 5.74) is 2.66. The number of methoxy groups -OCH3 is 1. The van der Waals surface area contributed by atoms with Crippen LogP contribution in [0.3, 0.4) is 0 Å². The summed E-state index contributed by atoms with van der Waals surface area (Å²) in [6.07, 6.45) is 12.3. The van der Waals surface area contributed by atoms with E-state index in [2.05, 4.69) is 32.6 Å². The minimum Gasteiger partial charge on any atom is -0.497 e. The Kier molecular flexibility index (Phi) is 4.82. The maximum atomic E-state index is 13.6. The summed E-state index contributed by atoms with van der Waals surface area (Å²) in [4.78, 5) is 18.6. The highest BCUT2D eigenvalue weighted by molar-refractivity contribution is 5.84. The molecule has 4 atom stereocenters. The fourth-order valence-electron chi connectivity index (χ4n) is 6.93. The lowest BCUT2D eigenvalue weighted by molar-refractivity contribution is -0.136. The number of ether oxygens (including phenoxy) is 1. The van der Waals surface area contributed by atoms with E-state index < -0.39 is 0 Å². The number of aromatic nitrogens is 1. The number of piperidine rings is 3. The highest BCUT2D eigenvalue weighted by Crippen LogP contribution is 2.45. The number of amides is 1. The number of nitrogens with zero attached hydrogens (tertiary/aromatic N) is 3. The first-order valence-electron chi connectivity index (χ1n) is 12.1. The van der Waals surface area contributed by atoms with Gasteiger partial charge in [-0.25, -0.2) is 0 Å². The molecule has 4 aliphatic rings. The third-order valence-electron chi connectivity index (χ3n) is 8.26. The molecule has 164 valence electrons. The maximum absolute atomic E-state index is 13.6. The van der Waals surface area contributed by atoms with E-state index in [1.54, 1.807) is 12.7 Å². The lowest BCUT2D eigenvalue weighted by Gasteiger charge is -2.54. The number of likely N-dealkylation sites (tertiary alicyclic amines) is 1. The van der Waals surface area contributed by atoms with Crippen molar-refractivity contribution in [2.45, 2.75) is 57.2 Å². The van der Waals surface area contributed by atoms with E-state index in [9.17, 15) is 4.79 Å². The fraction of sp³-hybridized carbons (Fsp3) is 0.577. The normalized spacial score (nSPS) is 30.5. The van der Waals surface area contributed by atoms with Crippen LogP contribution in [0.5, 0.6) is 5.75 Å². The summed E-state index contributed by atoms with van der Waals surface area (Å²) >= 11 is 0. The molecule has 2 bridgehead atoms. The van der Waals surface area contributed by atoms with Gasteiger partial charge in [0.15, 0.2) is 0 Å². The predicted octanol–water partition coefficient (Wildman–Crippen LogP) is 4.07. The van der Waals surface area contributed by atoms with Crippen LogP contribution < -0.4 is 4.74 Å². The Morgan fingerprint density at radius 3 is 3.00 bits per heavy atom. The van der Waals surface area contributed by atoms with Crippen LogP contribution in [0.1, 0.15) is 38.5 Å². The van der Waals surface area contributed by atoms with Crippen LogP contribution in [-0.4, -0.2) is 59.1 Å². The molecule has 0 saturated carbocycles. The van der Waals surface area contributed by atoms with E-state index in [4.69, 9.17) is 4.74 Å². The molecular weight excluding hydrogens is 386 g/mol. The molecule has 1 aromatic heterocycles. The van der Waals surface area contributed by atoms with E-state index in [1.807, 2.05) is 18.3 Å². The van der Waals surface area contributed by atoms with Crippen molar-refractivity contribution >= 4 is 16.8 Å². The van der Waals surface area contributed by atoms with E-state index in [0.717, 1.165) is 35.7 Å². The minimum absolute atomic E-state index is 0.267. The SMILES string of the molecule is COc1ccc2c(ccn2CC(=O)N2CCCC3=CC4CC(CN5CCCC[C@H]45)[C@@H]32)c1. The number of fused-ring (bicyclic) bond motifs is 7. The lowest BCUT2D eigenvalue weighted by atomic mass is 9.68. The van der Waals surface area contributed by atoms with Crippen molar-refractivity contribution in [3.63, 3.8) is 0 Å². The number of carbonyl (C=O) groups excluding carboxylic acids is 1. The first-order chi connectivity index (χ1) is 15.2. The summed E-state index contributed by atoms with van der Waals surface area (Å²) in [5, 5.41) is 1.12. The molecule has 6 rings (SSSR count). The molecule has 1 aliphatic carbocycles. The first-order valence-corrected chi connectivity index (χ1v) is 12.1. The molecule has 1 amide bonds. The van der Waals surface area contributed by atoms with Gasteiger partial charge in [-0.05, 0) is 74.8 Å². The summed E-state index contributed by atoms with van der Waals surface area (Å²) in [5.74, 6) is 2.44. The first kappa shape index (κ1) is 19.4. The quantitative estimate of drug-likeness (QED) is 0.704. The number of hydrogen-bond acceptors (Lipinski definition) is 3. The molecular formula is C26H33N3O2. The molecule has 0 N–H and O–H groups in total. The van der Waals surface area contributed by atoms with E-state index >= 15 is 0 Å². The molecule has 5 heteroatoms.